The van der Waals surface area contributed by atoms with Crippen LogP contribution in [0.4, 0.5) is 4.39 Å². The monoisotopic (exact) mass is 426 g/mol. The molecule has 0 aromatic heterocycles. The van der Waals surface area contributed by atoms with Crippen LogP contribution in [0.15, 0.2) is 12.2 Å². The summed E-state index contributed by atoms with van der Waals surface area (Å²) in [6, 6.07) is 0. The van der Waals surface area contributed by atoms with Gasteiger partial charge in [0.25, 0.3) is 0 Å². The van der Waals surface area contributed by atoms with E-state index in [1.165, 1.54) is 7.11 Å². The van der Waals surface area contributed by atoms with Crippen LogP contribution >= 0.6 is 0 Å². The van der Waals surface area contributed by atoms with Crippen molar-refractivity contribution >= 4 is 11.8 Å². The fourth-order valence-corrected chi connectivity index (χ4v) is 5.02. The summed E-state index contributed by atoms with van der Waals surface area (Å²) in [4.78, 5) is 23.5. The molecule has 0 saturated heterocycles. The average molecular weight is 427 g/mol. The number of halogens is 1. The zero-order chi connectivity index (χ0) is 22.0. The van der Waals surface area contributed by atoms with Gasteiger partial charge in [-0.05, 0) is 43.9 Å². The first-order chi connectivity index (χ1) is 14.4. The highest BCUT2D eigenvalue weighted by Crippen LogP contribution is 2.48. The lowest BCUT2D eigenvalue weighted by molar-refractivity contribution is -0.140. The Hall–Kier alpha value is -1.27. The molecule has 2 rings (SSSR count). The molecular weight excluding hydrogens is 387 g/mol. The van der Waals surface area contributed by atoms with Crippen molar-refractivity contribution in [2.24, 2.45) is 17.3 Å². The molecule has 172 valence electrons. The van der Waals surface area contributed by atoms with Gasteiger partial charge < -0.3 is 14.9 Å². The van der Waals surface area contributed by atoms with Crippen molar-refractivity contribution in [2.45, 2.75) is 95.7 Å². The van der Waals surface area contributed by atoms with E-state index >= 15 is 0 Å². The molecule has 30 heavy (non-hydrogen) atoms. The number of aliphatic hydroxyl groups excluding tert-OH is 2. The Morgan fingerprint density at radius 1 is 1.23 bits per heavy atom. The summed E-state index contributed by atoms with van der Waals surface area (Å²) < 4.78 is 17.1. The molecule has 2 fully saturated rings. The molecule has 2 saturated carbocycles. The minimum Gasteiger partial charge on any atom is -0.469 e. The summed E-state index contributed by atoms with van der Waals surface area (Å²) in [5.41, 5.74) is -0.158. The van der Waals surface area contributed by atoms with Gasteiger partial charge in [-0.3, -0.25) is 14.0 Å². The molecule has 0 spiro atoms. The van der Waals surface area contributed by atoms with Gasteiger partial charge >= 0.3 is 5.97 Å². The third-order valence-electron chi connectivity index (χ3n) is 7.16. The van der Waals surface area contributed by atoms with Gasteiger partial charge in [0.1, 0.15) is 5.78 Å². The molecular formula is C24H39FO5. The van der Waals surface area contributed by atoms with Crippen LogP contribution in [0.3, 0.4) is 0 Å². The van der Waals surface area contributed by atoms with Crippen molar-refractivity contribution < 1.29 is 28.9 Å². The van der Waals surface area contributed by atoms with Gasteiger partial charge in [0, 0.05) is 24.7 Å². The van der Waals surface area contributed by atoms with Crippen LogP contribution in [0.25, 0.3) is 0 Å². The number of Topliss-reactive ketones (excluding diaryl/α,β-unsaturated/α-hetero) is 1. The molecule has 0 unspecified atom stereocenters. The number of esters is 1. The maximum Gasteiger partial charge on any atom is 0.305 e. The van der Waals surface area contributed by atoms with Gasteiger partial charge in [0.05, 0.1) is 26.0 Å². The van der Waals surface area contributed by atoms with E-state index in [4.69, 9.17) is 0 Å². The molecule has 2 aliphatic carbocycles. The summed E-state index contributed by atoms with van der Waals surface area (Å²) in [6.45, 7) is -0.317. The average Bonchev–Trinajstić information content (AvgIpc) is 2.96. The summed E-state index contributed by atoms with van der Waals surface area (Å²) in [7, 11) is 1.39. The van der Waals surface area contributed by atoms with Crippen LogP contribution in [0.1, 0.15) is 83.5 Å². The van der Waals surface area contributed by atoms with Crippen molar-refractivity contribution in [2.75, 3.05) is 13.8 Å². The van der Waals surface area contributed by atoms with E-state index < -0.39 is 12.2 Å². The third kappa shape index (κ3) is 6.88. The highest BCUT2D eigenvalue weighted by Gasteiger charge is 2.43. The molecule has 6 heteroatoms. The lowest BCUT2D eigenvalue weighted by atomic mass is 9.62. The van der Waals surface area contributed by atoms with E-state index in [9.17, 15) is 24.2 Å². The van der Waals surface area contributed by atoms with Gasteiger partial charge in [0.15, 0.2) is 0 Å². The molecule has 0 aromatic carbocycles. The second-order valence-electron chi connectivity index (χ2n) is 9.14. The molecule has 0 bridgehead atoms. The number of carbonyl (C=O) groups excluding carboxylic acids is 2. The van der Waals surface area contributed by atoms with Crippen molar-refractivity contribution in [3.05, 3.63) is 12.2 Å². The largest absolute Gasteiger partial charge is 0.469 e. The van der Waals surface area contributed by atoms with Gasteiger partial charge in [0.2, 0.25) is 0 Å². The van der Waals surface area contributed by atoms with Crippen LogP contribution in [0.2, 0.25) is 0 Å². The molecule has 0 radical (unpaired) electrons. The lowest BCUT2D eigenvalue weighted by Gasteiger charge is -2.45. The molecule has 4 atom stereocenters. The number of rotatable bonds is 14. The Morgan fingerprint density at radius 3 is 2.60 bits per heavy atom. The predicted octanol–water partition coefficient (Wildman–Crippen LogP) is 4.29. The Kier molecular flexibility index (Phi) is 10.5. The fourth-order valence-electron chi connectivity index (χ4n) is 5.02. The minimum absolute atomic E-state index is 0.0995. The van der Waals surface area contributed by atoms with E-state index in [2.05, 4.69) is 4.74 Å². The van der Waals surface area contributed by atoms with Gasteiger partial charge in [-0.25, -0.2) is 0 Å². The zero-order valence-corrected chi connectivity index (χ0v) is 18.4. The van der Waals surface area contributed by atoms with Crippen molar-refractivity contribution in [3.63, 3.8) is 0 Å². The smallest absolute Gasteiger partial charge is 0.305 e. The van der Waals surface area contributed by atoms with E-state index in [-0.39, 0.29) is 42.1 Å². The summed E-state index contributed by atoms with van der Waals surface area (Å²) >= 11 is 0. The SMILES string of the molecule is COC(=O)CCCCCC[C@H]1C(=O)C[C@@H](O)[C@@H]1C=C[C@@H](O)C1(CCCCF)CCC1. The first-order valence-electron chi connectivity index (χ1n) is 11.6. The number of ketones is 1. The Balaban J connectivity index is 1.83. The Bertz CT molecular complexity index is 572. The van der Waals surface area contributed by atoms with Crippen molar-refractivity contribution in [3.8, 4) is 0 Å². The van der Waals surface area contributed by atoms with E-state index in [0.717, 1.165) is 64.2 Å². The second-order valence-corrected chi connectivity index (χ2v) is 9.14. The number of hydrogen-bond donors (Lipinski definition) is 2. The summed E-state index contributed by atoms with van der Waals surface area (Å²) in [5.74, 6) is -0.539. The summed E-state index contributed by atoms with van der Waals surface area (Å²) in [6.07, 6.45) is 12.3. The molecule has 0 aromatic rings. The van der Waals surface area contributed by atoms with Crippen LogP contribution in [-0.2, 0) is 14.3 Å². The maximum absolute atomic E-state index is 12.4. The number of alkyl halides is 1. The minimum atomic E-state index is -0.686. The summed E-state index contributed by atoms with van der Waals surface area (Å²) in [5, 5.41) is 21.1. The van der Waals surface area contributed by atoms with Crippen molar-refractivity contribution in [1.82, 2.24) is 0 Å². The first-order valence-corrected chi connectivity index (χ1v) is 11.6. The number of aliphatic hydroxyl groups is 2. The van der Waals surface area contributed by atoms with E-state index in [1.807, 2.05) is 6.08 Å². The molecule has 2 aliphatic rings. The normalized spacial score (nSPS) is 26.7. The number of ether oxygens (including phenoxy) is 1. The number of hydrogen-bond acceptors (Lipinski definition) is 5. The van der Waals surface area contributed by atoms with Gasteiger partial charge in [-0.15, -0.1) is 0 Å². The van der Waals surface area contributed by atoms with Gasteiger partial charge in [-0.2, -0.15) is 0 Å². The van der Waals surface area contributed by atoms with Crippen molar-refractivity contribution in [1.29, 1.82) is 0 Å². The number of carbonyl (C=O) groups is 2. The van der Waals surface area contributed by atoms with Crippen LogP contribution in [0.5, 0.6) is 0 Å². The van der Waals surface area contributed by atoms with Crippen LogP contribution in [0, 0.1) is 17.3 Å². The number of unbranched alkanes of at least 4 members (excludes halogenated alkanes) is 4. The Morgan fingerprint density at radius 2 is 1.97 bits per heavy atom. The van der Waals surface area contributed by atoms with Gasteiger partial charge in [-0.1, -0.05) is 44.3 Å². The zero-order valence-electron chi connectivity index (χ0n) is 18.4. The molecule has 0 amide bonds. The molecule has 5 nitrogen and oxygen atoms in total. The first kappa shape index (κ1) is 25.0. The highest BCUT2D eigenvalue weighted by molar-refractivity contribution is 5.84. The van der Waals surface area contributed by atoms with E-state index in [0.29, 0.717) is 12.8 Å². The maximum atomic E-state index is 12.4. The predicted molar refractivity (Wildman–Crippen MR) is 114 cm³/mol. The van der Waals surface area contributed by atoms with Crippen LogP contribution < -0.4 is 0 Å². The van der Waals surface area contributed by atoms with Crippen LogP contribution in [-0.4, -0.2) is 48.0 Å². The fraction of sp³-hybridized carbons (Fsp3) is 0.833. The third-order valence-corrected chi connectivity index (χ3v) is 7.16. The molecule has 0 heterocycles. The second kappa shape index (κ2) is 12.6. The highest BCUT2D eigenvalue weighted by atomic mass is 19.1. The Labute approximate surface area is 180 Å². The topological polar surface area (TPSA) is 83.8 Å². The molecule has 2 N–H and O–H groups in total. The quantitative estimate of drug-likeness (QED) is 0.246. The number of methoxy groups -OCH3 is 1. The lowest BCUT2D eigenvalue weighted by Crippen LogP contribution is -2.40. The molecule has 0 aliphatic heterocycles. The van der Waals surface area contributed by atoms with E-state index in [1.54, 1.807) is 6.08 Å². The standard InChI is InChI=1S/C24H39FO5/c1-30-23(29)10-5-3-2-4-9-18-19(21(27)17-20(18)26)11-12-22(28)24(14-8-15-24)13-6-7-16-25/h11-12,18-19,21-22,27-28H,2-10,13-17H2,1H3/t18-,19-,21-,22-/m1/s1.